The number of benzene rings is 1. The number of piperidine rings is 1. The van der Waals surface area contributed by atoms with Crippen LogP contribution in [0.2, 0.25) is 0 Å². The zero-order valence-electron chi connectivity index (χ0n) is 15.1. The second kappa shape index (κ2) is 7.46. The summed E-state index contributed by atoms with van der Waals surface area (Å²) in [4.78, 5) is 14.8. The van der Waals surface area contributed by atoms with Gasteiger partial charge in [-0.2, -0.15) is 4.31 Å². The molecule has 6 heteroatoms. The van der Waals surface area contributed by atoms with Crippen molar-refractivity contribution in [2.75, 3.05) is 26.2 Å². The lowest BCUT2D eigenvalue weighted by Crippen LogP contribution is -2.43. The SMILES string of the molecule is CC(C)c1ccc(S(=O)(=O)N2CCC(C(=O)N3CCCC3)CC2)cc1. The van der Waals surface area contributed by atoms with Crippen LogP contribution >= 0.6 is 0 Å². The Kier molecular flexibility index (Phi) is 5.49. The van der Waals surface area contributed by atoms with Gasteiger partial charge in [0.25, 0.3) is 0 Å². The van der Waals surface area contributed by atoms with Crippen molar-refractivity contribution in [1.82, 2.24) is 9.21 Å². The zero-order valence-corrected chi connectivity index (χ0v) is 16.0. The highest BCUT2D eigenvalue weighted by Gasteiger charge is 2.34. The van der Waals surface area contributed by atoms with Gasteiger partial charge in [-0.05, 0) is 49.3 Å². The van der Waals surface area contributed by atoms with E-state index in [-0.39, 0.29) is 11.8 Å². The fourth-order valence-corrected chi connectivity index (χ4v) is 5.18. The summed E-state index contributed by atoms with van der Waals surface area (Å²) in [5.41, 5.74) is 1.13. The van der Waals surface area contributed by atoms with Crippen LogP contribution in [0.4, 0.5) is 0 Å². The minimum Gasteiger partial charge on any atom is -0.342 e. The van der Waals surface area contributed by atoms with Crippen LogP contribution in [0.25, 0.3) is 0 Å². The van der Waals surface area contributed by atoms with E-state index in [4.69, 9.17) is 0 Å². The monoisotopic (exact) mass is 364 g/mol. The standard InChI is InChI=1S/C19H28N2O3S/c1-15(2)16-5-7-18(8-6-16)25(23,24)21-13-9-17(10-14-21)19(22)20-11-3-4-12-20/h5-8,15,17H,3-4,9-14H2,1-2H3. The van der Waals surface area contributed by atoms with Crippen LogP contribution in [0.15, 0.2) is 29.2 Å². The molecule has 1 aromatic carbocycles. The average molecular weight is 365 g/mol. The maximum absolute atomic E-state index is 12.8. The van der Waals surface area contributed by atoms with Crippen LogP contribution in [0.5, 0.6) is 0 Å². The molecule has 0 spiro atoms. The molecule has 1 aromatic rings. The van der Waals surface area contributed by atoms with E-state index in [1.807, 2.05) is 17.0 Å². The zero-order chi connectivity index (χ0) is 18.0. The number of nitrogens with zero attached hydrogens (tertiary/aromatic N) is 2. The first-order valence-corrected chi connectivity index (χ1v) is 10.7. The van der Waals surface area contributed by atoms with E-state index in [0.717, 1.165) is 31.5 Å². The van der Waals surface area contributed by atoms with Crippen molar-refractivity contribution < 1.29 is 13.2 Å². The molecule has 2 aliphatic rings. The minimum absolute atomic E-state index is 0.0205. The highest BCUT2D eigenvalue weighted by molar-refractivity contribution is 7.89. The molecule has 3 rings (SSSR count). The van der Waals surface area contributed by atoms with Gasteiger partial charge in [-0.1, -0.05) is 26.0 Å². The number of carbonyl (C=O) groups excluding carboxylic acids is 1. The van der Waals surface area contributed by atoms with E-state index >= 15 is 0 Å². The highest BCUT2D eigenvalue weighted by atomic mass is 32.2. The van der Waals surface area contributed by atoms with Crippen molar-refractivity contribution in [1.29, 1.82) is 0 Å². The number of rotatable bonds is 4. The molecule has 5 nitrogen and oxygen atoms in total. The van der Waals surface area contributed by atoms with Gasteiger partial charge in [0, 0.05) is 32.1 Å². The Balaban J connectivity index is 1.64. The van der Waals surface area contributed by atoms with Crippen LogP contribution in [0, 0.1) is 5.92 Å². The van der Waals surface area contributed by atoms with Crippen LogP contribution in [-0.2, 0) is 14.8 Å². The molecule has 0 unspecified atom stereocenters. The average Bonchev–Trinajstić information content (AvgIpc) is 3.16. The third-order valence-corrected chi connectivity index (χ3v) is 7.32. The molecule has 2 saturated heterocycles. The molecular weight excluding hydrogens is 336 g/mol. The Labute approximate surface area is 151 Å². The van der Waals surface area contributed by atoms with Crippen LogP contribution in [0.3, 0.4) is 0 Å². The molecule has 0 saturated carbocycles. The second-order valence-electron chi connectivity index (χ2n) is 7.43. The molecule has 0 aliphatic carbocycles. The molecule has 0 N–H and O–H groups in total. The Hall–Kier alpha value is -1.40. The minimum atomic E-state index is -3.46. The predicted octanol–water partition coefficient (Wildman–Crippen LogP) is 2.83. The first-order chi connectivity index (χ1) is 11.9. The first-order valence-electron chi connectivity index (χ1n) is 9.28. The highest BCUT2D eigenvalue weighted by Crippen LogP contribution is 2.27. The second-order valence-corrected chi connectivity index (χ2v) is 9.37. The Morgan fingerprint density at radius 2 is 1.56 bits per heavy atom. The summed E-state index contributed by atoms with van der Waals surface area (Å²) < 4.78 is 27.2. The van der Waals surface area contributed by atoms with Crippen molar-refractivity contribution in [2.45, 2.75) is 50.3 Å². The van der Waals surface area contributed by atoms with Crippen molar-refractivity contribution in [3.63, 3.8) is 0 Å². The van der Waals surface area contributed by atoms with E-state index in [0.29, 0.717) is 36.7 Å². The van der Waals surface area contributed by atoms with Gasteiger partial charge in [-0.25, -0.2) is 8.42 Å². The van der Waals surface area contributed by atoms with E-state index < -0.39 is 10.0 Å². The Bertz CT molecular complexity index is 699. The van der Waals surface area contributed by atoms with Crippen molar-refractivity contribution in [3.8, 4) is 0 Å². The molecule has 0 radical (unpaired) electrons. The maximum atomic E-state index is 12.8. The third kappa shape index (κ3) is 3.90. The van der Waals surface area contributed by atoms with Gasteiger partial charge >= 0.3 is 0 Å². The predicted molar refractivity (Wildman–Crippen MR) is 97.8 cm³/mol. The Morgan fingerprint density at radius 1 is 1.00 bits per heavy atom. The summed E-state index contributed by atoms with van der Waals surface area (Å²) in [5, 5.41) is 0. The molecule has 1 amide bonds. The fraction of sp³-hybridized carbons (Fsp3) is 0.632. The molecule has 0 aromatic heterocycles. The molecule has 138 valence electrons. The van der Waals surface area contributed by atoms with Gasteiger partial charge in [0.2, 0.25) is 15.9 Å². The molecule has 2 heterocycles. The molecule has 25 heavy (non-hydrogen) atoms. The van der Waals surface area contributed by atoms with Gasteiger partial charge in [0.1, 0.15) is 0 Å². The largest absolute Gasteiger partial charge is 0.342 e. The lowest BCUT2D eigenvalue weighted by atomic mass is 9.97. The molecule has 0 atom stereocenters. The Morgan fingerprint density at radius 3 is 2.08 bits per heavy atom. The number of sulfonamides is 1. The molecule has 2 fully saturated rings. The first kappa shape index (κ1) is 18.4. The van der Waals surface area contributed by atoms with Gasteiger partial charge in [-0.3, -0.25) is 4.79 Å². The van der Waals surface area contributed by atoms with Gasteiger partial charge in [0.05, 0.1) is 4.90 Å². The number of hydrogen-bond donors (Lipinski definition) is 0. The number of amides is 1. The van der Waals surface area contributed by atoms with E-state index in [2.05, 4.69) is 13.8 Å². The fourth-order valence-electron chi connectivity index (χ4n) is 3.71. The van der Waals surface area contributed by atoms with Crippen LogP contribution in [0.1, 0.15) is 51.0 Å². The number of likely N-dealkylation sites (tertiary alicyclic amines) is 1. The van der Waals surface area contributed by atoms with E-state index in [1.54, 1.807) is 12.1 Å². The summed E-state index contributed by atoms with van der Waals surface area (Å²) >= 11 is 0. The van der Waals surface area contributed by atoms with Gasteiger partial charge in [-0.15, -0.1) is 0 Å². The maximum Gasteiger partial charge on any atom is 0.243 e. The van der Waals surface area contributed by atoms with Crippen LogP contribution < -0.4 is 0 Å². The third-order valence-electron chi connectivity index (χ3n) is 5.41. The molecular formula is C19H28N2O3S. The van der Waals surface area contributed by atoms with Crippen molar-refractivity contribution in [2.24, 2.45) is 5.92 Å². The molecule has 2 aliphatic heterocycles. The van der Waals surface area contributed by atoms with Gasteiger partial charge < -0.3 is 4.90 Å². The summed E-state index contributed by atoms with van der Waals surface area (Å²) in [5.74, 6) is 0.577. The summed E-state index contributed by atoms with van der Waals surface area (Å²) in [7, 11) is -3.46. The molecule has 0 bridgehead atoms. The van der Waals surface area contributed by atoms with Crippen LogP contribution in [-0.4, -0.2) is 49.7 Å². The normalized spacial score (nSPS) is 20.4. The van der Waals surface area contributed by atoms with E-state index in [1.165, 1.54) is 4.31 Å². The van der Waals surface area contributed by atoms with Crippen molar-refractivity contribution in [3.05, 3.63) is 29.8 Å². The lowest BCUT2D eigenvalue weighted by Gasteiger charge is -2.32. The smallest absolute Gasteiger partial charge is 0.243 e. The quantitative estimate of drug-likeness (QED) is 0.825. The van der Waals surface area contributed by atoms with E-state index in [9.17, 15) is 13.2 Å². The number of hydrogen-bond acceptors (Lipinski definition) is 3. The number of carbonyl (C=O) groups is 1. The lowest BCUT2D eigenvalue weighted by molar-refractivity contribution is -0.135. The van der Waals surface area contributed by atoms with Gasteiger partial charge in [0.15, 0.2) is 0 Å². The van der Waals surface area contributed by atoms with Crippen molar-refractivity contribution >= 4 is 15.9 Å². The summed E-state index contributed by atoms with van der Waals surface area (Å²) in [6, 6.07) is 7.18. The topological polar surface area (TPSA) is 57.7 Å². The summed E-state index contributed by atoms with van der Waals surface area (Å²) in [6.07, 6.45) is 3.42. The summed E-state index contributed by atoms with van der Waals surface area (Å²) in [6.45, 7) is 6.76.